The lowest BCUT2D eigenvalue weighted by Crippen LogP contribution is -2.31. The van der Waals surface area contributed by atoms with Gasteiger partial charge in [0.1, 0.15) is 5.76 Å². The first-order valence-electron chi connectivity index (χ1n) is 9.05. The molecule has 0 fully saturated rings. The molecule has 5 heteroatoms. The number of nitrogens with zero attached hydrogens (tertiary/aromatic N) is 1. The number of fused-ring (bicyclic) bond motifs is 1. The SMILES string of the molecule is Cc1ccc(-c2nc(CC(=O)NCC3CCCc4ccccc43)cs2)o1. The minimum Gasteiger partial charge on any atom is -0.459 e. The highest BCUT2D eigenvalue weighted by Gasteiger charge is 2.20. The molecular weight excluding hydrogens is 344 g/mol. The zero-order valence-electron chi connectivity index (χ0n) is 14.8. The molecule has 2 aromatic heterocycles. The van der Waals surface area contributed by atoms with Gasteiger partial charge in [-0.05, 0) is 49.4 Å². The van der Waals surface area contributed by atoms with Gasteiger partial charge in [0.2, 0.25) is 5.91 Å². The zero-order valence-corrected chi connectivity index (χ0v) is 15.6. The molecular formula is C21H22N2O2S. The maximum absolute atomic E-state index is 12.3. The summed E-state index contributed by atoms with van der Waals surface area (Å²) in [4.78, 5) is 16.9. The van der Waals surface area contributed by atoms with Crippen molar-refractivity contribution in [2.45, 2.75) is 38.5 Å². The lowest BCUT2D eigenvalue weighted by molar-refractivity contribution is -0.120. The highest BCUT2D eigenvalue weighted by molar-refractivity contribution is 7.13. The van der Waals surface area contributed by atoms with E-state index in [9.17, 15) is 4.79 Å². The molecule has 3 aromatic rings. The summed E-state index contributed by atoms with van der Waals surface area (Å²) in [5.74, 6) is 2.07. The summed E-state index contributed by atoms with van der Waals surface area (Å²) in [6.07, 6.45) is 3.78. The van der Waals surface area contributed by atoms with Gasteiger partial charge in [-0.2, -0.15) is 0 Å². The van der Waals surface area contributed by atoms with E-state index in [0.29, 0.717) is 18.9 Å². The van der Waals surface area contributed by atoms with Crippen LogP contribution in [0, 0.1) is 6.92 Å². The van der Waals surface area contributed by atoms with Crippen LogP contribution in [0.1, 0.15) is 41.3 Å². The van der Waals surface area contributed by atoms with Gasteiger partial charge in [-0.15, -0.1) is 11.3 Å². The van der Waals surface area contributed by atoms with E-state index in [4.69, 9.17) is 4.42 Å². The largest absolute Gasteiger partial charge is 0.459 e. The van der Waals surface area contributed by atoms with Gasteiger partial charge in [-0.25, -0.2) is 4.98 Å². The van der Waals surface area contributed by atoms with Gasteiger partial charge in [0.15, 0.2) is 10.8 Å². The molecule has 1 unspecified atom stereocenters. The predicted octanol–water partition coefficient (Wildman–Crippen LogP) is 4.49. The maximum Gasteiger partial charge on any atom is 0.226 e. The Morgan fingerprint density at radius 3 is 3.04 bits per heavy atom. The Morgan fingerprint density at radius 2 is 2.19 bits per heavy atom. The third-order valence-electron chi connectivity index (χ3n) is 4.88. The highest BCUT2D eigenvalue weighted by atomic mass is 32.1. The van der Waals surface area contributed by atoms with E-state index < -0.39 is 0 Å². The van der Waals surface area contributed by atoms with Crippen LogP contribution in [0.5, 0.6) is 0 Å². The Bertz CT molecular complexity index is 912. The first-order chi connectivity index (χ1) is 12.7. The van der Waals surface area contributed by atoms with E-state index in [1.165, 1.54) is 28.9 Å². The Labute approximate surface area is 157 Å². The monoisotopic (exact) mass is 366 g/mol. The van der Waals surface area contributed by atoms with Crippen LogP contribution in [0.2, 0.25) is 0 Å². The fourth-order valence-electron chi connectivity index (χ4n) is 3.58. The van der Waals surface area contributed by atoms with Crippen LogP contribution in [0.15, 0.2) is 46.2 Å². The second-order valence-electron chi connectivity index (χ2n) is 6.82. The summed E-state index contributed by atoms with van der Waals surface area (Å²) < 4.78 is 5.60. The number of hydrogen-bond donors (Lipinski definition) is 1. The molecule has 134 valence electrons. The fraction of sp³-hybridized carbons (Fsp3) is 0.333. The minimum absolute atomic E-state index is 0.0283. The number of aromatic nitrogens is 1. The molecule has 0 saturated heterocycles. The number of aryl methyl sites for hydroxylation is 2. The summed E-state index contributed by atoms with van der Waals surface area (Å²) in [7, 11) is 0. The molecule has 0 bridgehead atoms. The van der Waals surface area contributed by atoms with E-state index in [1.807, 2.05) is 24.4 Å². The topological polar surface area (TPSA) is 55.1 Å². The van der Waals surface area contributed by atoms with Crippen LogP contribution in [0.3, 0.4) is 0 Å². The molecule has 0 radical (unpaired) electrons. The van der Waals surface area contributed by atoms with Crippen molar-refractivity contribution in [1.29, 1.82) is 0 Å². The smallest absolute Gasteiger partial charge is 0.226 e. The van der Waals surface area contributed by atoms with E-state index in [0.717, 1.165) is 35.1 Å². The van der Waals surface area contributed by atoms with Gasteiger partial charge in [-0.3, -0.25) is 4.79 Å². The highest BCUT2D eigenvalue weighted by Crippen LogP contribution is 2.31. The molecule has 1 aromatic carbocycles. The summed E-state index contributed by atoms with van der Waals surface area (Å²) in [5, 5.41) is 5.85. The van der Waals surface area contributed by atoms with Crippen LogP contribution in [0.25, 0.3) is 10.8 Å². The third-order valence-corrected chi connectivity index (χ3v) is 5.79. The van der Waals surface area contributed by atoms with Gasteiger partial charge >= 0.3 is 0 Å². The fourth-order valence-corrected chi connectivity index (χ4v) is 4.36. The Kier molecular flexibility index (Phi) is 4.89. The summed E-state index contributed by atoms with van der Waals surface area (Å²) in [6.45, 7) is 2.61. The number of benzene rings is 1. The normalized spacial score (nSPS) is 16.3. The summed E-state index contributed by atoms with van der Waals surface area (Å²) in [5.41, 5.74) is 3.61. The number of carbonyl (C=O) groups excluding carboxylic acids is 1. The van der Waals surface area contributed by atoms with Crippen molar-refractivity contribution in [3.8, 4) is 10.8 Å². The first-order valence-corrected chi connectivity index (χ1v) is 9.93. The molecule has 1 atom stereocenters. The Balaban J connectivity index is 1.34. The van der Waals surface area contributed by atoms with Crippen molar-refractivity contribution in [3.05, 3.63) is 64.4 Å². The van der Waals surface area contributed by atoms with Crippen molar-refractivity contribution in [2.24, 2.45) is 0 Å². The second-order valence-corrected chi connectivity index (χ2v) is 7.68. The molecule has 4 nitrogen and oxygen atoms in total. The number of hydrogen-bond acceptors (Lipinski definition) is 4. The average Bonchev–Trinajstić information content (AvgIpc) is 3.29. The van der Waals surface area contributed by atoms with Crippen molar-refractivity contribution >= 4 is 17.2 Å². The summed E-state index contributed by atoms with van der Waals surface area (Å²) in [6, 6.07) is 12.4. The van der Waals surface area contributed by atoms with E-state index >= 15 is 0 Å². The Hall–Kier alpha value is -2.40. The van der Waals surface area contributed by atoms with Crippen LogP contribution < -0.4 is 5.32 Å². The van der Waals surface area contributed by atoms with E-state index in [-0.39, 0.29) is 5.91 Å². The number of carbonyl (C=O) groups is 1. The predicted molar refractivity (Wildman–Crippen MR) is 103 cm³/mol. The first kappa shape index (κ1) is 17.0. The third kappa shape index (κ3) is 3.73. The number of rotatable bonds is 5. The number of amides is 1. The number of furan rings is 1. The van der Waals surface area contributed by atoms with Gasteiger partial charge < -0.3 is 9.73 Å². The molecule has 0 spiro atoms. The van der Waals surface area contributed by atoms with Gasteiger partial charge in [0.25, 0.3) is 0 Å². The van der Waals surface area contributed by atoms with Crippen LogP contribution in [-0.4, -0.2) is 17.4 Å². The molecule has 1 N–H and O–H groups in total. The molecule has 1 aliphatic rings. The summed E-state index contributed by atoms with van der Waals surface area (Å²) >= 11 is 1.51. The molecule has 2 heterocycles. The molecule has 26 heavy (non-hydrogen) atoms. The minimum atomic E-state index is 0.0283. The molecule has 0 saturated carbocycles. The lowest BCUT2D eigenvalue weighted by Gasteiger charge is -2.25. The van der Waals surface area contributed by atoms with Crippen molar-refractivity contribution in [2.75, 3.05) is 6.54 Å². The van der Waals surface area contributed by atoms with Gasteiger partial charge in [0.05, 0.1) is 12.1 Å². The van der Waals surface area contributed by atoms with Gasteiger partial charge in [0, 0.05) is 17.8 Å². The molecule has 4 rings (SSSR count). The molecule has 1 aliphatic carbocycles. The second kappa shape index (κ2) is 7.46. The van der Waals surface area contributed by atoms with Crippen molar-refractivity contribution in [1.82, 2.24) is 10.3 Å². The maximum atomic E-state index is 12.3. The van der Waals surface area contributed by atoms with Crippen LogP contribution in [0.4, 0.5) is 0 Å². The van der Waals surface area contributed by atoms with E-state index in [2.05, 4.69) is 34.6 Å². The molecule has 1 amide bonds. The molecule has 0 aliphatic heterocycles. The quantitative estimate of drug-likeness (QED) is 0.724. The van der Waals surface area contributed by atoms with E-state index in [1.54, 1.807) is 0 Å². The number of thiazole rings is 1. The standard InChI is InChI=1S/C21H22N2O2S/c1-14-9-10-19(25-14)21-23-17(13-26-21)11-20(24)22-12-16-7-4-6-15-5-2-3-8-18(15)16/h2-3,5,8-10,13,16H,4,6-7,11-12H2,1H3,(H,22,24). The average molecular weight is 366 g/mol. The van der Waals surface area contributed by atoms with Crippen LogP contribution >= 0.6 is 11.3 Å². The van der Waals surface area contributed by atoms with Crippen molar-refractivity contribution in [3.63, 3.8) is 0 Å². The lowest BCUT2D eigenvalue weighted by atomic mass is 9.83. The number of nitrogens with one attached hydrogen (secondary N) is 1. The van der Waals surface area contributed by atoms with Gasteiger partial charge in [-0.1, -0.05) is 24.3 Å². The Morgan fingerprint density at radius 1 is 1.31 bits per heavy atom. The van der Waals surface area contributed by atoms with Crippen molar-refractivity contribution < 1.29 is 9.21 Å². The van der Waals surface area contributed by atoms with Crippen LogP contribution in [-0.2, 0) is 17.6 Å². The zero-order chi connectivity index (χ0) is 17.9.